The molecule has 0 fully saturated rings. The van der Waals surface area contributed by atoms with Crippen LogP contribution in [0.5, 0.6) is 11.5 Å². The summed E-state index contributed by atoms with van der Waals surface area (Å²) >= 11 is 0. The second-order valence-electron chi connectivity index (χ2n) is 5.39. The van der Waals surface area contributed by atoms with Gasteiger partial charge < -0.3 is 9.47 Å². The lowest BCUT2D eigenvalue weighted by Gasteiger charge is -2.18. The average Bonchev–Trinajstić information content (AvgIpc) is 2.65. The van der Waals surface area contributed by atoms with E-state index in [-0.39, 0.29) is 11.7 Å². The first-order valence-corrected chi connectivity index (χ1v) is 7.77. The molecule has 0 N–H and O–H groups in total. The summed E-state index contributed by atoms with van der Waals surface area (Å²) in [6.45, 7) is 5.89. The molecule has 0 bridgehead atoms. The summed E-state index contributed by atoms with van der Waals surface area (Å²) in [6, 6.07) is 12.9. The third kappa shape index (κ3) is 3.74. The number of carbonyl (C=O) groups excluding carboxylic acids is 1. The van der Waals surface area contributed by atoms with Crippen LogP contribution in [-0.4, -0.2) is 20.0 Å². The number of hydrogen-bond donors (Lipinski definition) is 0. The molecule has 3 nitrogen and oxygen atoms in total. The largest absolute Gasteiger partial charge is 0.493 e. The van der Waals surface area contributed by atoms with Crippen molar-refractivity contribution in [1.29, 1.82) is 0 Å². The second-order valence-corrected chi connectivity index (χ2v) is 5.39. The van der Waals surface area contributed by atoms with Crippen LogP contribution in [0.1, 0.15) is 34.3 Å². The number of carbonyl (C=O) groups is 1. The van der Waals surface area contributed by atoms with Gasteiger partial charge in [-0.05, 0) is 17.7 Å². The van der Waals surface area contributed by atoms with Crippen LogP contribution in [0.2, 0.25) is 0 Å². The maximum absolute atomic E-state index is 12.3. The number of rotatable bonds is 7. The van der Waals surface area contributed by atoms with Crippen molar-refractivity contribution in [2.24, 2.45) is 0 Å². The zero-order chi connectivity index (χ0) is 17.5. The van der Waals surface area contributed by atoms with Crippen molar-refractivity contribution >= 4 is 11.9 Å². The first kappa shape index (κ1) is 17.5. The van der Waals surface area contributed by atoms with E-state index >= 15 is 0 Å². The molecule has 3 heteroatoms. The predicted octanol–water partition coefficient (Wildman–Crippen LogP) is 4.89. The molecule has 0 amide bonds. The van der Waals surface area contributed by atoms with Crippen LogP contribution in [0.15, 0.2) is 61.2 Å². The van der Waals surface area contributed by atoms with Crippen molar-refractivity contribution in [2.75, 3.05) is 14.2 Å². The highest BCUT2D eigenvalue weighted by molar-refractivity contribution is 6.06. The Kier molecular flexibility index (Phi) is 5.96. The van der Waals surface area contributed by atoms with Crippen molar-refractivity contribution in [3.8, 4) is 11.5 Å². The summed E-state index contributed by atoms with van der Waals surface area (Å²) in [4.78, 5) is 12.3. The molecule has 0 radical (unpaired) electrons. The smallest absolute Gasteiger partial charge is 0.185 e. The Labute approximate surface area is 143 Å². The monoisotopic (exact) mass is 322 g/mol. The molecule has 0 saturated heterocycles. The molecule has 0 aliphatic rings. The van der Waals surface area contributed by atoms with Crippen LogP contribution in [-0.2, 0) is 0 Å². The van der Waals surface area contributed by atoms with E-state index in [1.165, 1.54) is 0 Å². The SMILES string of the molecule is C=CC(C)c1c(/C=C/C(=O)c2ccccc2)ccc(OC)c1OC. The highest BCUT2D eigenvalue weighted by Gasteiger charge is 2.17. The highest BCUT2D eigenvalue weighted by atomic mass is 16.5. The van der Waals surface area contributed by atoms with E-state index in [9.17, 15) is 4.79 Å². The molecule has 1 atom stereocenters. The lowest BCUT2D eigenvalue weighted by atomic mass is 9.93. The van der Waals surface area contributed by atoms with Crippen molar-refractivity contribution in [2.45, 2.75) is 12.8 Å². The fraction of sp³-hybridized carbons (Fsp3) is 0.190. The van der Waals surface area contributed by atoms with Gasteiger partial charge in [0.05, 0.1) is 14.2 Å². The lowest BCUT2D eigenvalue weighted by molar-refractivity contribution is 0.104. The molecular formula is C21H22O3. The van der Waals surface area contributed by atoms with E-state index in [0.717, 1.165) is 11.1 Å². The lowest BCUT2D eigenvalue weighted by Crippen LogP contribution is -2.01. The fourth-order valence-corrected chi connectivity index (χ4v) is 2.56. The van der Waals surface area contributed by atoms with Crippen LogP contribution in [0.4, 0.5) is 0 Å². The maximum atomic E-state index is 12.3. The van der Waals surface area contributed by atoms with Crippen molar-refractivity contribution in [3.63, 3.8) is 0 Å². The van der Waals surface area contributed by atoms with E-state index in [1.54, 1.807) is 32.4 Å². The molecule has 0 saturated carbocycles. The minimum absolute atomic E-state index is 0.0393. The zero-order valence-electron chi connectivity index (χ0n) is 14.3. The Hall–Kier alpha value is -2.81. The van der Waals surface area contributed by atoms with Crippen LogP contribution >= 0.6 is 0 Å². The van der Waals surface area contributed by atoms with Crippen LogP contribution in [0.25, 0.3) is 6.08 Å². The number of ether oxygens (including phenoxy) is 2. The number of allylic oxidation sites excluding steroid dienone is 2. The molecule has 2 aromatic carbocycles. The zero-order valence-corrected chi connectivity index (χ0v) is 14.3. The Morgan fingerprint density at radius 2 is 1.79 bits per heavy atom. The van der Waals surface area contributed by atoms with Gasteiger partial charge in [-0.3, -0.25) is 4.79 Å². The first-order chi connectivity index (χ1) is 11.6. The van der Waals surface area contributed by atoms with Gasteiger partial charge in [-0.25, -0.2) is 0 Å². The van der Waals surface area contributed by atoms with Crippen LogP contribution < -0.4 is 9.47 Å². The normalized spacial score (nSPS) is 12.0. The number of ketones is 1. The van der Waals surface area contributed by atoms with Gasteiger partial charge >= 0.3 is 0 Å². The summed E-state index contributed by atoms with van der Waals surface area (Å²) in [5.41, 5.74) is 2.51. The van der Waals surface area contributed by atoms with Crippen LogP contribution in [0, 0.1) is 0 Å². The number of benzene rings is 2. The summed E-state index contributed by atoms with van der Waals surface area (Å²) in [6.07, 6.45) is 5.23. The first-order valence-electron chi connectivity index (χ1n) is 7.77. The molecule has 0 aliphatic heterocycles. The van der Waals surface area contributed by atoms with Gasteiger partial charge in [0.1, 0.15) is 0 Å². The summed E-state index contributed by atoms with van der Waals surface area (Å²) in [5.74, 6) is 1.34. The number of methoxy groups -OCH3 is 2. The summed E-state index contributed by atoms with van der Waals surface area (Å²) < 4.78 is 10.9. The van der Waals surface area contributed by atoms with Gasteiger partial charge in [-0.15, -0.1) is 6.58 Å². The Bertz CT molecular complexity index is 745. The molecular weight excluding hydrogens is 300 g/mol. The molecule has 0 aliphatic carbocycles. The van der Waals surface area contributed by atoms with Gasteiger partial charge in [0.2, 0.25) is 0 Å². The van der Waals surface area contributed by atoms with E-state index < -0.39 is 0 Å². The predicted molar refractivity (Wildman–Crippen MR) is 98.0 cm³/mol. The van der Waals surface area contributed by atoms with Gasteiger partial charge in [-0.1, -0.05) is 55.5 Å². The highest BCUT2D eigenvalue weighted by Crippen LogP contribution is 2.39. The quantitative estimate of drug-likeness (QED) is 0.413. The van der Waals surface area contributed by atoms with Gasteiger partial charge in [0.25, 0.3) is 0 Å². The molecule has 24 heavy (non-hydrogen) atoms. The molecule has 2 aromatic rings. The van der Waals surface area contributed by atoms with E-state index in [4.69, 9.17) is 9.47 Å². The molecule has 124 valence electrons. The topological polar surface area (TPSA) is 35.5 Å². The summed E-state index contributed by atoms with van der Waals surface area (Å²) in [7, 11) is 3.22. The standard InChI is InChI=1S/C21H22O3/c1-5-15(2)20-17(12-14-19(23-3)21(20)24-4)11-13-18(22)16-9-7-6-8-10-16/h5-15H,1H2,2-4H3/b13-11+. The van der Waals surface area contributed by atoms with E-state index in [1.807, 2.05) is 49.4 Å². The third-order valence-electron chi connectivity index (χ3n) is 3.90. The molecule has 2 rings (SSSR count). The van der Waals surface area contributed by atoms with Gasteiger partial charge in [0, 0.05) is 17.0 Å². The Balaban J connectivity index is 2.44. The van der Waals surface area contributed by atoms with Crippen molar-refractivity contribution in [3.05, 3.63) is 77.9 Å². The molecule has 0 spiro atoms. The molecule has 1 unspecified atom stereocenters. The minimum atomic E-state index is -0.0393. The minimum Gasteiger partial charge on any atom is -0.493 e. The van der Waals surface area contributed by atoms with E-state index in [2.05, 4.69) is 6.58 Å². The Morgan fingerprint density at radius 1 is 1.08 bits per heavy atom. The van der Waals surface area contributed by atoms with Gasteiger partial charge in [0.15, 0.2) is 17.3 Å². The Morgan fingerprint density at radius 3 is 2.38 bits per heavy atom. The molecule has 0 aromatic heterocycles. The number of hydrogen-bond acceptors (Lipinski definition) is 3. The summed E-state index contributed by atoms with van der Waals surface area (Å²) in [5, 5.41) is 0. The molecule has 0 heterocycles. The van der Waals surface area contributed by atoms with E-state index in [0.29, 0.717) is 17.1 Å². The van der Waals surface area contributed by atoms with Crippen molar-refractivity contribution < 1.29 is 14.3 Å². The third-order valence-corrected chi connectivity index (χ3v) is 3.90. The average molecular weight is 322 g/mol. The van der Waals surface area contributed by atoms with Gasteiger partial charge in [-0.2, -0.15) is 0 Å². The maximum Gasteiger partial charge on any atom is 0.185 e. The second kappa shape index (κ2) is 8.16. The van der Waals surface area contributed by atoms with Crippen LogP contribution in [0.3, 0.4) is 0 Å². The van der Waals surface area contributed by atoms with Crippen molar-refractivity contribution in [1.82, 2.24) is 0 Å². The fourth-order valence-electron chi connectivity index (χ4n) is 2.56.